The number of unbranched alkanes of at least 4 members (excludes halogenated alkanes) is 4. The van der Waals surface area contributed by atoms with E-state index in [-0.39, 0.29) is 24.0 Å². The molecule has 220 valence electrons. The number of hydrogen-bond donors (Lipinski definition) is 3. The highest BCUT2D eigenvalue weighted by Gasteiger charge is 2.32. The van der Waals surface area contributed by atoms with Crippen molar-refractivity contribution in [2.75, 3.05) is 19.8 Å². The maximum atomic E-state index is 10.9. The molecule has 0 unspecified atom stereocenters. The third-order valence-electron chi connectivity index (χ3n) is 8.53. The van der Waals surface area contributed by atoms with Crippen molar-refractivity contribution in [3.63, 3.8) is 0 Å². The average Bonchev–Trinajstić information content (AvgIpc) is 2.92. The van der Waals surface area contributed by atoms with Crippen LogP contribution in [0.2, 0.25) is 0 Å². The van der Waals surface area contributed by atoms with E-state index < -0.39 is 12.2 Å². The molecule has 0 saturated heterocycles. The Bertz CT molecular complexity index is 995. The summed E-state index contributed by atoms with van der Waals surface area (Å²) in [5, 5.41) is 29.6. The summed E-state index contributed by atoms with van der Waals surface area (Å²) in [7, 11) is 0. The van der Waals surface area contributed by atoms with Gasteiger partial charge in [-0.3, -0.25) is 0 Å². The molecule has 0 spiro atoms. The largest absolute Gasteiger partial charge is 0.491 e. The first-order chi connectivity index (χ1) is 18.5. The maximum Gasteiger partial charge on any atom is 0.122 e. The van der Waals surface area contributed by atoms with Crippen molar-refractivity contribution < 1.29 is 24.8 Å². The second kappa shape index (κ2) is 15.6. The van der Waals surface area contributed by atoms with Gasteiger partial charge in [-0.05, 0) is 72.9 Å². The van der Waals surface area contributed by atoms with Crippen LogP contribution in [0.4, 0.5) is 0 Å². The van der Waals surface area contributed by atoms with Crippen LogP contribution in [0.3, 0.4) is 0 Å². The molecule has 0 radical (unpaired) electrons. The van der Waals surface area contributed by atoms with E-state index in [0.29, 0.717) is 6.61 Å². The molecule has 2 aromatic carbocycles. The van der Waals surface area contributed by atoms with Gasteiger partial charge in [0.15, 0.2) is 0 Å². The Balaban J connectivity index is 2.15. The average molecular weight is 543 g/mol. The number of aliphatic hydroxyl groups is 3. The minimum Gasteiger partial charge on any atom is -0.491 e. The molecule has 0 bridgehead atoms. The molecule has 0 aliphatic rings. The molecule has 0 aliphatic heterocycles. The van der Waals surface area contributed by atoms with Gasteiger partial charge in [0.05, 0.1) is 12.7 Å². The summed E-state index contributed by atoms with van der Waals surface area (Å²) in [6.07, 6.45) is 7.65. The highest BCUT2D eigenvalue weighted by atomic mass is 16.5. The number of aryl methyl sites for hydroxylation is 2. The van der Waals surface area contributed by atoms with Gasteiger partial charge in [0, 0.05) is 5.41 Å². The first kappa shape index (κ1) is 33.1. The fourth-order valence-electron chi connectivity index (χ4n) is 5.43. The van der Waals surface area contributed by atoms with Crippen LogP contribution in [-0.2, 0) is 5.41 Å². The minimum absolute atomic E-state index is 0.0644. The van der Waals surface area contributed by atoms with Crippen LogP contribution in [0.1, 0.15) is 108 Å². The van der Waals surface area contributed by atoms with E-state index in [1.165, 1.54) is 36.8 Å². The second-order valence-electron chi connectivity index (χ2n) is 11.9. The van der Waals surface area contributed by atoms with Crippen LogP contribution in [-0.4, -0.2) is 47.3 Å². The molecule has 5 nitrogen and oxygen atoms in total. The number of benzene rings is 2. The molecule has 0 amide bonds. The van der Waals surface area contributed by atoms with E-state index in [4.69, 9.17) is 14.6 Å². The van der Waals surface area contributed by atoms with Gasteiger partial charge in [0.1, 0.15) is 30.8 Å². The highest BCUT2D eigenvalue weighted by Crippen LogP contribution is 2.41. The predicted octanol–water partition coefficient (Wildman–Crippen LogP) is 7.27. The second-order valence-corrected chi connectivity index (χ2v) is 11.9. The van der Waals surface area contributed by atoms with E-state index in [1.54, 1.807) is 0 Å². The minimum atomic E-state index is -0.888. The first-order valence-corrected chi connectivity index (χ1v) is 15.0. The predicted molar refractivity (Wildman–Crippen MR) is 161 cm³/mol. The van der Waals surface area contributed by atoms with Crippen LogP contribution in [0.5, 0.6) is 11.5 Å². The van der Waals surface area contributed by atoms with Gasteiger partial charge in [0.2, 0.25) is 0 Å². The van der Waals surface area contributed by atoms with Crippen LogP contribution in [0.25, 0.3) is 0 Å². The monoisotopic (exact) mass is 542 g/mol. The van der Waals surface area contributed by atoms with Gasteiger partial charge < -0.3 is 24.8 Å². The Morgan fingerprint density at radius 2 is 1.26 bits per heavy atom. The van der Waals surface area contributed by atoms with E-state index in [0.717, 1.165) is 48.3 Å². The molecule has 0 saturated carbocycles. The van der Waals surface area contributed by atoms with E-state index in [1.807, 2.05) is 13.0 Å². The lowest BCUT2D eigenvalue weighted by molar-refractivity contribution is 0.00551. The van der Waals surface area contributed by atoms with Crippen LogP contribution >= 0.6 is 0 Å². The normalized spacial score (nSPS) is 13.8. The Morgan fingerprint density at radius 1 is 0.744 bits per heavy atom. The van der Waals surface area contributed by atoms with Gasteiger partial charge >= 0.3 is 0 Å². The fraction of sp³-hybridized carbons (Fsp3) is 0.647. The zero-order chi connectivity index (χ0) is 29.1. The zero-order valence-corrected chi connectivity index (χ0v) is 25.6. The van der Waals surface area contributed by atoms with Crippen LogP contribution < -0.4 is 9.47 Å². The molecule has 0 fully saturated rings. The summed E-state index contributed by atoms with van der Waals surface area (Å²) < 4.78 is 11.9. The molecule has 0 aromatic heterocycles. The summed E-state index contributed by atoms with van der Waals surface area (Å²) in [6.45, 7) is 15.1. The molecule has 2 rings (SSSR count). The highest BCUT2D eigenvalue weighted by molar-refractivity contribution is 5.48. The molecule has 3 N–H and O–H groups in total. The topological polar surface area (TPSA) is 79.2 Å². The SMILES string of the molecule is CCCCCCCC(C)(C)[C@@H](O)COc1ccc(C(CC)(CC)c2ccc(OC[C@@H](O)CO)c(C)c2)cc1C. The van der Waals surface area contributed by atoms with Gasteiger partial charge in [-0.2, -0.15) is 0 Å². The van der Waals surface area contributed by atoms with Crippen LogP contribution in [0.15, 0.2) is 36.4 Å². The molecule has 2 aromatic rings. The van der Waals surface area contributed by atoms with Crippen molar-refractivity contribution in [3.05, 3.63) is 58.7 Å². The fourth-order valence-corrected chi connectivity index (χ4v) is 5.43. The lowest BCUT2D eigenvalue weighted by Crippen LogP contribution is -2.34. The van der Waals surface area contributed by atoms with E-state index in [2.05, 4.69) is 71.9 Å². The first-order valence-electron chi connectivity index (χ1n) is 15.0. The zero-order valence-electron chi connectivity index (χ0n) is 25.6. The third kappa shape index (κ3) is 8.96. The number of aliphatic hydroxyl groups excluding tert-OH is 3. The van der Waals surface area contributed by atoms with Crippen molar-refractivity contribution in [2.24, 2.45) is 5.41 Å². The molecule has 0 aliphatic carbocycles. The quantitative estimate of drug-likeness (QED) is 0.173. The summed E-state index contributed by atoms with van der Waals surface area (Å²) in [5.41, 5.74) is 4.21. The molecule has 2 atom stereocenters. The number of hydrogen-bond acceptors (Lipinski definition) is 5. The molecule has 0 heterocycles. The number of ether oxygens (including phenoxy) is 2. The van der Waals surface area contributed by atoms with Gasteiger partial charge in [-0.25, -0.2) is 0 Å². The Hall–Kier alpha value is -2.08. The Morgan fingerprint density at radius 3 is 1.72 bits per heavy atom. The maximum absolute atomic E-state index is 10.9. The van der Waals surface area contributed by atoms with Crippen molar-refractivity contribution in [3.8, 4) is 11.5 Å². The van der Waals surface area contributed by atoms with Gasteiger partial charge in [-0.15, -0.1) is 0 Å². The standard InChI is InChI=1S/C34H54O5/c1-8-11-12-13-14-19-33(6,7)32(37)24-39-31-18-16-28(21-26(31)5)34(9-2,10-3)27-15-17-30(25(4)20-27)38-23-29(36)22-35/h15-18,20-21,29,32,35-37H,8-14,19,22-24H2,1-7H3/t29-,32-/m0/s1. The molecule has 39 heavy (non-hydrogen) atoms. The van der Waals surface area contributed by atoms with E-state index >= 15 is 0 Å². The van der Waals surface area contributed by atoms with Crippen molar-refractivity contribution in [1.29, 1.82) is 0 Å². The van der Waals surface area contributed by atoms with Gasteiger partial charge in [0.25, 0.3) is 0 Å². The number of rotatable bonds is 18. The Labute approximate surface area is 237 Å². The van der Waals surface area contributed by atoms with Crippen molar-refractivity contribution >= 4 is 0 Å². The smallest absolute Gasteiger partial charge is 0.122 e. The molecule has 5 heteroatoms. The molecular formula is C34H54O5. The molecular weight excluding hydrogens is 488 g/mol. The van der Waals surface area contributed by atoms with E-state index in [9.17, 15) is 10.2 Å². The summed E-state index contributed by atoms with van der Waals surface area (Å²) in [5.74, 6) is 1.54. The summed E-state index contributed by atoms with van der Waals surface area (Å²) in [4.78, 5) is 0. The van der Waals surface area contributed by atoms with Crippen LogP contribution in [0, 0.1) is 19.3 Å². The lowest BCUT2D eigenvalue weighted by Gasteiger charge is -2.34. The third-order valence-corrected chi connectivity index (χ3v) is 8.53. The lowest BCUT2D eigenvalue weighted by atomic mass is 9.70. The Kier molecular flexibility index (Phi) is 13.3. The summed E-state index contributed by atoms with van der Waals surface area (Å²) in [6, 6.07) is 12.7. The van der Waals surface area contributed by atoms with Crippen molar-refractivity contribution in [1.82, 2.24) is 0 Å². The van der Waals surface area contributed by atoms with Gasteiger partial charge in [-0.1, -0.05) is 91.0 Å². The summed E-state index contributed by atoms with van der Waals surface area (Å²) >= 11 is 0. The van der Waals surface area contributed by atoms with Crippen molar-refractivity contribution in [2.45, 2.75) is 117 Å².